The summed E-state index contributed by atoms with van der Waals surface area (Å²) >= 11 is 0. The largest absolute Gasteiger partial charge is 0.382 e. The molecule has 2 atom stereocenters. The molecule has 0 saturated heterocycles. The van der Waals surface area contributed by atoms with E-state index in [-0.39, 0.29) is 10.6 Å². The smallest absolute Gasteiger partial charge is 0.271 e. The quantitative estimate of drug-likeness (QED) is 0.655. The number of hydrogen-bond acceptors (Lipinski definition) is 3. The molecule has 1 aliphatic rings. The molecule has 2 rings (SSSR count). The molecule has 0 aromatic heterocycles. The summed E-state index contributed by atoms with van der Waals surface area (Å²) in [6.07, 6.45) is 3.49. The second kappa shape index (κ2) is 5.19. The van der Waals surface area contributed by atoms with E-state index < -0.39 is 0 Å². The predicted molar refractivity (Wildman–Crippen MR) is 77.3 cm³/mol. The van der Waals surface area contributed by atoms with Gasteiger partial charge >= 0.3 is 0 Å². The number of nitrogens with zero attached hydrogens (tertiary/aromatic N) is 1. The zero-order valence-electron chi connectivity index (χ0n) is 11.8. The van der Waals surface area contributed by atoms with Gasteiger partial charge in [0.25, 0.3) is 5.69 Å². The van der Waals surface area contributed by atoms with Gasteiger partial charge in [0.2, 0.25) is 0 Å². The maximum Gasteiger partial charge on any atom is 0.271 e. The van der Waals surface area contributed by atoms with E-state index in [2.05, 4.69) is 26.1 Å². The highest BCUT2D eigenvalue weighted by atomic mass is 16.6. The average molecular weight is 262 g/mol. The van der Waals surface area contributed by atoms with Gasteiger partial charge in [-0.25, -0.2) is 0 Å². The summed E-state index contributed by atoms with van der Waals surface area (Å²) in [6, 6.07) is 7.18. The van der Waals surface area contributed by atoms with E-state index in [1.54, 1.807) is 12.1 Å². The second-order valence-corrected chi connectivity index (χ2v) is 6.56. The number of anilines is 1. The standard InChI is InChI=1S/C15H22N2O2/c1-11-7-13(10-15(2,3)9-11)16-12-5-4-6-14(8-12)17(18)19/h4-6,8,11,13,16H,7,9-10H2,1-3H3. The molecule has 0 aliphatic heterocycles. The minimum absolute atomic E-state index is 0.146. The van der Waals surface area contributed by atoms with Gasteiger partial charge in [0, 0.05) is 23.9 Å². The first-order valence-electron chi connectivity index (χ1n) is 6.87. The number of non-ortho nitro benzene ring substituents is 1. The number of nitro benzene ring substituents is 1. The van der Waals surface area contributed by atoms with E-state index in [1.165, 1.54) is 12.5 Å². The van der Waals surface area contributed by atoms with Crippen molar-refractivity contribution in [1.29, 1.82) is 0 Å². The summed E-state index contributed by atoms with van der Waals surface area (Å²) in [7, 11) is 0. The van der Waals surface area contributed by atoms with Crippen LogP contribution in [0.3, 0.4) is 0 Å². The van der Waals surface area contributed by atoms with Crippen LogP contribution < -0.4 is 5.32 Å². The summed E-state index contributed by atoms with van der Waals surface area (Å²) < 4.78 is 0. The molecule has 1 fully saturated rings. The topological polar surface area (TPSA) is 55.2 Å². The molecule has 4 nitrogen and oxygen atoms in total. The van der Waals surface area contributed by atoms with Crippen LogP contribution in [0.25, 0.3) is 0 Å². The zero-order valence-corrected chi connectivity index (χ0v) is 11.8. The molecule has 1 aromatic carbocycles. The summed E-state index contributed by atoms with van der Waals surface area (Å²) in [6.45, 7) is 6.87. The summed E-state index contributed by atoms with van der Waals surface area (Å²) in [5, 5.41) is 14.2. The lowest BCUT2D eigenvalue weighted by Crippen LogP contribution is -2.35. The fourth-order valence-electron chi connectivity index (χ4n) is 3.40. The minimum Gasteiger partial charge on any atom is -0.382 e. The Morgan fingerprint density at radius 3 is 2.74 bits per heavy atom. The molecule has 19 heavy (non-hydrogen) atoms. The van der Waals surface area contributed by atoms with Crippen molar-refractivity contribution in [3.63, 3.8) is 0 Å². The number of rotatable bonds is 3. The maximum absolute atomic E-state index is 10.8. The average Bonchev–Trinajstić information content (AvgIpc) is 2.26. The van der Waals surface area contributed by atoms with Gasteiger partial charge in [-0.2, -0.15) is 0 Å². The Kier molecular flexibility index (Phi) is 3.78. The van der Waals surface area contributed by atoms with E-state index in [1.807, 2.05) is 6.07 Å². The lowest BCUT2D eigenvalue weighted by atomic mass is 9.70. The van der Waals surface area contributed by atoms with Crippen LogP contribution >= 0.6 is 0 Å². The third-order valence-electron chi connectivity index (χ3n) is 3.81. The molecule has 4 heteroatoms. The van der Waals surface area contributed by atoms with Crippen LogP contribution in [-0.4, -0.2) is 11.0 Å². The van der Waals surface area contributed by atoms with Gasteiger partial charge < -0.3 is 5.32 Å². The first kappa shape index (κ1) is 13.8. The number of nitrogens with one attached hydrogen (secondary N) is 1. The van der Waals surface area contributed by atoms with Crippen molar-refractivity contribution in [3.8, 4) is 0 Å². The second-order valence-electron chi connectivity index (χ2n) is 6.56. The third kappa shape index (κ3) is 3.69. The molecule has 104 valence electrons. The summed E-state index contributed by atoms with van der Waals surface area (Å²) in [4.78, 5) is 10.4. The lowest BCUT2D eigenvalue weighted by Gasteiger charge is -2.39. The molecular weight excluding hydrogens is 240 g/mol. The van der Waals surface area contributed by atoms with Crippen molar-refractivity contribution in [3.05, 3.63) is 34.4 Å². The molecular formula is C15H22N2O2. The monoisotopic (exact) mass is 262 g/mol. The fourth-order valence-corrected chi connectivity index (χ4v) is 3.40. The van der Waals surface area contributed by atoms with E-state index in [0.717, 1.165) is 18.5 Å². The van der Waals surface area contributed by atoms with Gasteiger partial charge in [0.1, 0.15) is 0 Å². The van der Waals surface area contributed by atoms with Crippen molar-refractivity contribution in [2.24, 2.45) is 11.3 Å². The van der Waals surface area contributed by atoms with Gasteiger partial charge in [0.15, 0.2) is 0 Å². The molecule has 0 radical (unpaired) electrons. The lowest BCUT2D eigenvalue weighted by molar-refractivity contribution is -0.384. The highest BCUT2D eigenvalue weighted by Crippen LogP contribution is 2.39. The van der Waals surface area contributed by atoms with Gasteiger partial charge in [-0.05, 0) is 36.7 Å². The minimum atomic E-state index is -0.349. The number of benzene rings is 1. The molecule has 1 N–H and O–H groups in total. The van der Waals surface area contributed by atoms with Crippen LogP contribution in [0.2, 0.25) is 0 Å². The van der Waals surface area contributed by atoms with Crippen LogP contribution in [0.15, 0.2) is 24.3 Å². The highest BCUT2D eigenvalue weighted by molar-refractivity contribution is 5.51. The van der Waals surface area contributed by atoms with Crippen molar-refractivity contribution >= 4 is 11.4 Å². The third-order valence-corrected chi connectivity index (χ3v) is 3.81. The fraction of sp³-hybridized carbons (Fsp3) is 0.600. The molecule has 0 spiro atoms. The first-order chi connectivity index (χ1) is 8.85. The van der Waals surface area contributed by atoms with Crippen LogP contribution in [-0.2, 0) is 0 Å². The maximum atomic E-state index is 10.8. The summed E-state index contributed by atoms with van der Waals surface area (Å²) in [5.41, 5.74) is 1.34. The van der Waals surface area contributed by atoms with Crippen molar-refractivity contribution < 1.29 is 4.92 Å². The number of hydrogen-bond donors (Lipinski definition) is 1. The van der Waals surface area contributed by atoms with Crippen molar-refractivity contribution in [2.45, 2.75) is 46.1 Å². The highest BCUT2D eigenvalue weighted by Gasteiger charge is 2.31. The number of nitro groups is 1. The van der Waals surface area contributed by atoms with Crippen molar-refractivity contribution in [2.75, 3.05) is 5.32 Å². The normalized spacial score (nSPS) is 25.8. The van der Waals surface area contributed by atoms with Crippen LogP contribution in [0, 0.1) is 21.4 Å². The van der Waals surface area contributed by atoms with Gasteiger partial charge in [0.05, 0.1) is 4.92 Å². The molecule has 0 amide bonds. The van der Waals surface area contributed by atoms with Crippen LogP contribution in [0.4, 0.5) is 11.4 Å². The molecule has 1 aliphatic carbocycles. The molecule has 2 unspecified atom stereocenters. The van der Waals surface area contributed by atoms with Crippen LogP contribution in [0.5, 0.6) is 0 Å². The van der Waals surface area contributed by atoms with E-state index in [4.69, 9.17) is 0 Å². The first-order valence-corrected chi connectivity index (χ1v) is 6.87. The molecule has 1 aromatic rings. The SMILES string of the molecule is CC1CC(Nc2cccc([N+](=O)[O-])c2)CC(C)(C)C1. The Labute approximate surface area is 114 Å². The Morgan fingerprint density at radius 1 is 1.37 bits per heavy atom. The Bertz CT molecular complexity index is 471. The van der Waals surface area contributed by atoms with Gasteiger partial charge in [-0.15, -0.1) is 0 Å². The Hall–Kier alpha value is -1.58. The molecule has 0 heterocycles. The zero-order chi connectivity index (χ0) is 14.0. The molecule has 1 saturated carbocycles. The predicted octanol–water partition coefficient (Wildman–Crippen LogP) is 4.22. The van der Waals surface area contributed by atoms with Crippen LogP contribution in [0.1, 0.15) is 40.0 Å². The van der Waals surface area contributed by atoms with E-state index in [0.29, 0.717) is 17.4 Å². The Morgan fingerprint density at radius 2 is 2.11 bits per heavy atom. The summed E-state index contributed by atoms with van der Waals surface area (Å²) in [5.74, 6) is 0.694. The van der Waals surface area contributed by atoms with E-state index >= 15 is 0 Å². The Balaban J connectivity index is 2.08. The van der Waals surface area contributed by atoms with E-state index in [9.17, 15) is 10.1 Å². The van der Waals surface area contributed by atoms with Crippen molar-refractivity contribution in [1.82, 2.24) is 0 Å². The van der Waals surface area contributed by atoms with Gasteiger partial charge in [-0.3, -0.25) is 10.1 Å². The molecule has 0 bridgehead atoms. The van der Waals surface area contributed by atoms with Gasteiger partial charge in [-0.1, -0.05) is 26.8 Å².